The van der Waals surface area contributed by atoms with E-state index in [2.05, 4.69) is 5.43 Å². The molecular weight excluding hydrogens is 392 g/mol. The summed E-state index contributed by atoms with van der Waals surface area (Å²) in [5, 5.41) is 0.157. The first kappa shape index (κ1) is 20.5. The van der Waals surface area contributed by atoms with Crippen LogP contribution in [0.4, 0.5) is 4.79 Å². The lowest BCUT2D eigenvalue weighted by Crippen LogP contribution is -2.44. The van der Waals surface area contributed by atoms with Crippen molar-refractivity contribution in [3.63, 3.8) is 0 Å². The molecule has 7 nitrogen and oxygen atoms in total. The zero-order valence-corrected chi connectivity index (χ0v) is 17.0. The molecule has 3 rings (SSSR count). The van der Waals surface area contributed by atoms with Crippen molar-refractivity contribution in [2.75, 3.05) is 13.7 Å². The van der Waals surface area contributed by atoms with Gasteiger partial charge in [0.05, 0.1) is 18.6 Å². The third kappa shape index (κ3) is 4.60. The highest BCUT2D eigenvalue weighted by Gasteiger charge is 2.36. The summed E-state index contributed by atoms with van der Waals surface area (Å²) in [7, 11) is 1.52. The normalized spacial score (nSPS) is 15.0. The first-order valence-electron chi connectivity index (χ1n) is 8.89. The maximum Gasteiger partial charge on any atom is 0.312 e. The standard InChI is InChI=1S/C21H20N2O5S/c1-4-28-16-10-7-14(11-17(16)27-3)12-18-20(25)23(21(26)29-18)22-19(24)15-8-5-13(2)6-9-15/h5-12H,4H2,1-3H3,(H,22,24)/b18-12+. The third-order valence-corrected chi connectivity index (χ3v) is 4.98. The van der Waals surface area contributed by atoms with Crippen molar-refractivity contribution < 1.29 is 23.9 Å². The fourth-order valence-corrected chi connectivity index (χ4v) is 3.42. The van der Waals surface area contributed by atoms with Gasteiger partial charge in [-0.3, -0.25) is 19.8 Å². The van der Waals surface area contributed by atoms with Crippen LogP contribution in [0.2, 0.25) is 0 Å². The van der Waals surface area contributed by atoms with E-state index in [1.807, 2.05) is 13.8 Å². The number of hydrogen-bond acceptors (Lipinski definition) is 6. The van der Waals surface area contributed by atoms with Crippen molar-refractivity contribution in [1.29, 1.82) is 0 Å². The fraction of sp³-hybridized carbons (Fsp3) is 0.190. The number of nitrogens with zero attached hydrogens (tertiary/aromatic N) is 1. The Morgan fingerprint density at radius 3 is 2.52 bits per heavy atom. The van der Waals surface area contributed by atoms with Crippen LogP contribution in [0.3, 0.4) is 0 Å². The Morgan fingerprint density at radius 2 is 1.86 bits per heavy atom. The summed E-state index contributed by atoms with van der Waals surface area (Å²) >= 11 is 0.756. The van der Waals surface area contributed by atoms with E-state index in [1.165, 1.54) is 7.11 Å². The molecule has 0 radical (unpaired) electrons. The van der Waals surface area contributed by atoms with Gasteiger partial charge in [-0.05, 0) is 61.5 Å². The summed E-state index contributed by atoms with van der Waals surface area (Å²) in [4.78, 5) is 37.4. The molecule has 1 N–H and O–H groups in total. The minimum atomic E-state index is -0.590. The number of thioether (sulfide) groups is 1. The average Bonchev–Trinajstić information content (AvgIpc) is 2.97. The number of rotatable bonds is 6. The number of hydrogen-bond donors (Lipinski definition) is 1. The maximum absolute atomic E-state index is 12.6. The van der Waals surface area contributed by atoms with Crippen molar-refractivity contribution >= 4 is 34.9 Å². The Balaban J connectivity index is 1.77. The van der Waals surface area contributed by atoms with Gasteiger partial charge >= 0.3 is 5.24 Å². The van der Waals surface area contributed by atoms with Gasteiger partial charge in [0, 0.05) is 5.56 Å². The molecule has 0 atom stereocenters. The summed E-state index contributed by atoms with van der Waals surface area (Å²) in [6.07, 6.45) is 1.57. The number of hydrazine groups is 1. The van der Waals surface area contributed by atoms with Gasteiger partial charge in [-0.15, -0.1) is 0 Å². The molecule has 2 aromatic carbocycles. The summed E-state index contributed by atoms with van der Waals surface area (Å²) in [5.74, 6) is -0.0114. The number of imide groups is 1. The first-order chi connectivity index (χ1) is 13.9. The molecule has 0 aromatic heterocycles. The number of carbonyl (C=O) groups excluding carboxylic acids is 3. The number of ether oxygens (including phenoxy) is 2. The van der Waals surface area contributed by atoms with Gasteiger partial charge < -0.3 is 9.47 Å². The van der Waals surface area contributed by atoms with Crippen molar-refractivity contribution in [2.24, 2.45) is 0 Å². The zero-order valence-electron chi connectivity index (χ0n) is 16.2. The van der Waals surface area contributed by atoms with Crippen LogP contribution in [-0.2, 0) is 4.79 Å². The van der Waals surface area contributed by atoms with E-state index in [1.54, 1.807) is 48.5 Å². The van der Waals surface area contributed by atoms with Crippen molar-refractivity contribution in [2.45, 2.75) is 13.8 Å². The van der Waals surface area contributed by atoms with Crippen molar-refractivity contribution in [3.8, 4) is 11.5 Å². The van der Waals surface area contributed by atoms with Gasteiger partial charge in [0.1, 0.15) is 0 Å². The Hall–Kier alpha value is -3.26. The molecule has 1 fully saturated rings. The third-order valence-electron chi connectivity index (χ3n) is 4.11. The van der Waals surface area contributed by atoms with E-state index in [4.69, 9.17) is 9.47 Å². The van der Waals surface area contributed by atoms with E-state index < -0.39 is 17.1 Å². The van der Waals surface area contributed by atoms with Crippen LogP contribution in [0.5, 0.6) is 11.5 Å². The van der Waals surface area contributed by atoms with Gasteiger partial charge in [0.15, 0.2) is 11.5 Å². The van der Waals surface area contributed by atoms with Gasteiger partial charge in [0.2, 0.25) is 0 Å². The second-order valence-corrected chi connectivity index (χ2v) is 7.16. The molecule has 150 valence electrons. The molecule has 0 unspecified atom stereocenters. The highest BCUT2D eigenvalue weighted by molar-refractivity contribution is 8.18. The van der Waals surface area contributed by atoms with Crippen LogP contribution in [0, 0.1) is 6.92 Å². The second-order valence-electron chi connectivity index (χ2n) is 6.17. The van der Waals surface area contributed by atoms with Gasteiger partial charge in [0.25, 0.3) is 11.8 Å². The molecule has 1 saturated heterocycles. The van der Waals surface area contributed by atoms with Gasteiger partial charge in [-0.1, -0.05) is 23.8 Å². The number of nitrogens with one attached hydrogen (secondary N) is 1. The van der Waals surface area contributed by atoms with E-state index >= 15 is 0 Å². The maximum atomic E-state index is 12.6. The molecule has 3 amide bonds. The van der Waals surface area contributed by atoms with Gasteiger partial charge in [-0.2, -0.15) is 5.01 Å². The molecule has 1 aliphatic rings. The lowest BCUT2D eigenvalue weighted by Gasteiger charge is -2.13. The number of benzene rings is 2. The molecular formula is C21H20N2O5S. The zero-order chi connectivity index (χ0) is 21.0. The predicted molar refractivity (Wildman–Crippen MR) is 111 cm³/mol. The van der Waals surface area contributed by atoms with Crippen LogP contribution < -0.4 is 14.9 Å². The number of carbonyl (C=O) groups is 3. The summed E-state index contributed by atoms with van der Waals surface area (Å²) in [6.45, 7) is 4.27. The van der Waals surface area contributed by atoms with Crippen LogP contribution >= 0.6 is 11.8 Å². The lowest BCUT2D eigenvalue weighted by molar-refractivity contribution is -0.124. The summed E-state index contributed by atoms with van der Waals surface area (Å²) < 4.78 is 10.8. The fourth-order valence-electron chi connectivity index (χ4n) is 2.64. The van der Waals surface area contributed by atoms with Crippen molar-refractivity contribution in [1.82, 2.24) is 10.4 Å². The summed E-state index contributed by atoms with van der Waals surface area (Å²) in [5.41, 5.74) is 4.39. The Morgan fingerprint density at radius 1 is 1.14 bits per heavy atom. The largest absolute Gasteiger partial charge is 0.493 e. The molecule has 0 aliphatic carbocycles. The number of amides is 3. The monoisotopic (exact) mass is 412 g/mol. The molecule has 1 aliphatic heterocycles. The lowest BCUT2D eigenvalue weighted by atomic mass is 10.1. The van der Waals surface area contributed by atoms with Crippen molar-refractivity contribution in [3.05, 3.63) is 64.1 Å². The molecule has 1 heterocycles. The predicted octanol–water partition coefficient (Wildman–Crippen LogP) is 3.78. The van der Waals surface area contributed by atoms with Crippen LogP contribution in [0.1, 0.15) is 28.4 Å². The smallest absolute Gasteiger partial charge is 0.312 e. The van der Waals surface area contributed by atoms with E-state index in [0.717, 1.165) is 22.3 Å². The molecule has 2 aromatic rings. The van der Waals surface area contributed by atoms with E-state index in [0.29, 0.717) is 29.2 Å². The molecule has 0 spiro atoms. The van der Waals surface area contributed by atoms with Crippen LogP contribution in [0.25, 0.3) is 6.08 Å². The quantitative estimate of drug-likeness (QED) is 0.727. The highest BCUT2D eigenvalue weighted by atomic mass is 32.2. The summed E-state index contributed by atoms with van der Waals surface area (Å²) in [6, 6.07) is 12.0. The molecule has 29 heavy (non-hydrogen) atoms. The van der Waals surface area contributed by atoms with Gasteiger partial charge in [-0.25, -0.2) is 0 Å². The first-order valence-corrected chi connectivity index (χ1v) is 9.71. The minimum absolute atomic E-state index is 0.199. The average molecular weight is 412 g/mol. The van der Waals surface area contributed by atoms with E-state index in [-0.39, 0.29) is 4.91 Å². The SMILES string of the molecule is CCOc1ccc(/C=C2/SC(=O)N(NC(=O)c3ccc(C)cc3)C2=O)cc1OC. The Bertz CT molecular complexity index is 985. The number of methoxy groups -OCH3 is 1. The Kier molecular flexibility index (Phi) is 6.23. The number of aryl methyl sites for hydroxylation is 1. The second kappa shape index (κ2) is 8.83. The Labute approximate surface area is 172 Å². The van der Waals surface area contributed by atoms with Crippen LogP contribution in [-0.4, -0.2) is 35.8 Å². The van der Waals surface area contributed by atoms with E-state index in [9.17, 15) is 14.4 Å². The molecule has 0 bridgehead atoms. The molecule has 0 saturated carbocycles. The van der Waals surface area contributed by atoms with Crippen LogP contribution in [0.15, 0.2) is 47.4 Å². The highest BCUT2D eigenvalue weighted by Crippen LogP contribution is 2.34. The molecule has 8 heteroatoms. The topological polar surface area (TPSA) is 84.9 Å². The minimum Gasteiger partial charge on any atom is -0.493 e.